The van der Waals surface area contributed by atoms with E-state index in [1.165, 1.54) is 5.69 Å². The number of benzene rings is 1. The van der Waals surface area contributed by atoms with Gasteiger partial charge < -0.3 is 9.80 Å². The molecule has 0 saturated carbocycles. The van der Waals surface area contributed by atoms with E-state index in [-0.39, 0.29) is 0 Å². The van der Waals surface area contributed by atoms with Gasteiger partial charge in [0.1, 0.15) is 12.1 Å². The molecule has 1 aliphatic rings. The van der Waals surface area contributed by atoms with E-state index in [1.807, 2.05) is 42.7 Å². The number of halogens is 2. The molecule has 3 heterocycles. The lowest BCUT2D eigenvalue weighted by Crippen LogP contribution is -2.46. The van der Waals surface area contributed by atoms with Gasteiger partial charge in [0.25, 0.3) is 0 Å². The summed E-state index contributed by atoms with van der Waals surface area (Å²) in [6.45, 7) is 3.66. The summed E-state index contributed by atoms with van der Waals surface area (Å²) in [5.74, 6) is 0.912. The smallest absolute Gasteiger partial charge is 0.132 e. The number of rotatable bonds is 3. The zero-order valence-corrected chi connectivity index (χ0v) is 15.5. The SMILES string of the molecule is Clc1ccc(-c2cc(N3CCN(c4ccncc4)CC3)ncn2)c(Cl)c1. The summed E-state index contributed by atoms with van der Waals surface area (Å²) >= 11 is 12.3. The molecule has 0 spiro atoms. The minimum atomic E-state index is 0.588. The van der Waals surface area contributed by atoms with Gasteiger partial charge in [-0.25, -0.2) is 9.97 Å². The molecule has 5 nitrogen and oxygen atoms in total. The summed E-state index contributed by atoms with van der Waals surface area (Å²) in [4.78, 5) is 17.5. The topological polar surface area (TPSA) is 45.2 Å². The van der Waals surface area contributed by atoms with Crippen LogP contribution in [0.25, 0.3) is 11.3 Å². The molecule has 2 aromatic heterocycles. The van der Waals surface area contributed by atoms with E-state index in [0.717, 1.165) is 43.3 Å². The number of aromatic nitrogens is 3. The Morgan fingerprint density at radius 1 is 0.808 bits per heavy atom. The maximum atomic E-state index is 6.32. The molecule has 1 saturated heterocycles. The van der Waals surface area contributed by atoms with Gasteiger partial charge in [-0.1, -0.05) is 23.2 Å². The van der Waals surface area contributed by atoms with E-state index < -0.39 is 0 Å². The predicted octanol–water partition coefficient (Wildman–Crippen LogP) is 4.17. The normalized spacial score (nSPS) is 14.5. The van der Waals surface area contributed by atoms with Crippen molar-refractivity contribution in [3.8, 4) is 11.3 Å². The monoisotopic (exact) mass is 385 g/mol. The second-order valence-electron chi connectivity index (χ2n) is 6.07. The Morgan fingerprint density at radius 3 is 2.27 bits per heavy atom. The molecule has 0 atom stereocenters. The fourth-order valence-corrected chi connectivity index (χ4v) is 3.62. The van der Waals surface area contributed by atoms with Gasteiger partial charge >= 0.3 is 0 Å². The molecule has 0 bridgehead atoms. The minimum absolute atomic E-state index is 0.588. The van der Waals surface area contributed by atoms with Crippen LogP contribution in [0.3, 0.4) is 0 Å². The fourth-order valence-electron chi connectivity index (χ4n) is 3.11. The van der Waals surface area contributed by atoms with Crippen molar-refractivity contribution in [2.45, 2.75) is 0 Å². The van der Waals surface area contributed by atoms with Crippen LogP contribution in [0, 0.1) is 0 Å². The van der Waals surface area contributed by atoms with E-state index in [4.69, 9.17) is 23.2 Å². The molecular weight excluding hydrogens is 369 g/mol. The molecular formula is C19H17Cl2N5. The van der Waals surface area contributed by atoms with Crippen LogP contribution in [-0.2, 0) is 0 Å². The quantitative estimate of drug-likeness (QED) is 0.676. The summed E-state index contributed by atoms with van der Waals surface area (Å²) in [6, 6.07) is 11.5. The van der Waals surface area contributed by atoms with E-state index in [9.17, 15) is 0 Å². The first-order valence-corrected chi connectivity index (χ1v) is 9.14. The van der Waals surface area contributed by atoms with Gasteiger partial charge in [0, 0.05) is 60.9 Å². The largest absolute Gasteiger partial charge is 0.368 e. The summed E-state index contributed by atoms with van der Waals surface area (Å²) in [5.41, 5.74) is 2.86. The first kappa shape index (κ1) is 17.1. The number of nitrogens with zero attached hydrogens (tertiary/aromatic N) is 5. The molecule has 0 radical (unpaired) electrons. The van der Waals surface area contributed by atoms with Crippen LogP contribution in [0.4, 0.5) is 11.5 Å². The van der Waals surface area contributed by atoms with Crippen molar-refractivity contribution in [1.29, 1.82) is 0 Å². The van der Waals surface area contributed by atoms with Gasteiger partial charge in [0.05, 0.1) is 10.7 Å². The van der Waals surface area contributed by atoms with Gasteiger partial charge in [-0.05, 0) is 30.3 Å². The Balaban J connectivity index is 1.51. The molecule has 1 fully saturated rings. The number of piperazine rings is 1. The number of pyridine rings is 1. The average Bonchev–Trinajstić information content (AvgIpc) is 2.69. The van der Waals surface area contributed by atoms with Crippen LogP contribution in [0.15, 0.2) is 55.1 Å². The number of hydrogen-bond donors (Lipinski definition) is 0. The second kappa shape index (κ2) is 7.48. The Kier molecular flexibility index (Phi) is 4.91. The van der Waals surface area contributed by atoms with Crippen LogP contribution in [0.2, 0.25) is 10.0 Å². The first-order valence-electron chi connectivity index (χ1n) is 8.38. The van der Waals surface area contributed by atoms with E-state index in [1.54, 1.807) is 12.4 Å². The minimum Gasteiger partial charge on any atom is -0.368 e. The summed E-state index contributed by atoms with van der Waals surface area (Å²) < 4.78 is 0. The van der Waals surface area contributed by atoms with Crippen molar-refractivity contribution in [3.63, 3.8) is 0 Å². The van der Waals surface area contributed by atoms with Gasteiger partial charge in [-0.3, -0.25) is 4.98 Å². The third-order valence-corrected chi connectivity index (χ3v) is 5.04. The Morgan fingerprint density at radius 2 is 1.54 bits per heavy atom. The van der Waals surface area contributed by atoms with Crippen molar-refractivity contribution in [1.82, 2.24) is 15.0 Å². The van der Waals surface area contributed by atoms with Crippen molar-refractivity contribution >= 4 is 34.7 Å². The summed E-state index contributed by atoms with van der Waals surface area (Å²) in [5, 5.41) is 1.20. The van der Waals surface area contributed by atoms with Crippen molar-refractivity contribution in [3.05, 3.63) is 65.2 Å². The summed E-state index contributed by atoms with van der Waals surface area (Å²) in [7, 11) is 0. The van der Waals surface area contributed by atoms with Crippen LogP contribution < -0.4 is 9.80 Å². The average molecular weight is 386 g/mol. The molecule has 1 aromatic carbocycles. The lowest BCUT2D eigenvalue weighted by atomic mass is 10.1. The van der Waals surface area contributed by atoms with Gasteiger partial charge in [-0.2, -0.15) is 0 Å². The Labute approximate surface area is 162 Å². The highest BCUT2D eigenvalue weighted by molar-refractivity contribution is 6.36. The Bertz CT molecular complexity index is 895. The molecule has 0 N–H and O–H groups in total. The lowest BCUT2D eigenvalue weighted by molar-refractivity contribution is 0.646. The van der Waals surface area contributed by atoms with Crippen molar-refractivity contribution < 1.29 is 0 Å². The van der Waals surface area contributed by atoms with E-state index in [2.05, 4.69) is 24.8 Å². The highest BCUT2D eigenvalue weighted by Crippen LogP contribution is 2.30. The molecule has 0 aliphatic carbocycles. The molecule has 0 amide bonds. The van der Waals surface area contributed by atoms with E-state index in [0.29, 0.717) is 10.0 Å². The maximum absolute atomic E-state index is 6.32. The van der Waals surface area contributed by atoms with Gasteiger partial charge in [-0.15, -0.1) is 0 Å². The number of anilines is 2. The molecule has 132 valence electrons. The van der Waals surface area contributed by atoms with Gasteiger partial charge in [0.15, 0.2) is 0 Å². The molecule has 3 aromatic rings. The first-order chi connectivity index (χ1) is 12.7. The molecule has 26 heavy (non-hydrogen) atoms. The van der Waals surface area contributed by atoms with Crippen LogP contribution in [0.1, 0.15) is 0 Å². The molecule has 1 aliphatic heterocycles. The highest BCUT2D eigenvalue weighted by atomic mass is 35.5. The molecule has 7 heteroatoms. The zero-order chi connectivity index (χ0) is 17.9. The predicted molar refractivity (Wildman–Crippen MR) is 106 cm³/mol. The van der Waals surface area contributed by atoms with Gasteiger partial charge in [0.2, 0.25) is 0 Å². The standard InChI is InChI=1S/C19H17Cl2N5/c20-14-1-2-16(17(21)11-14)18-12-19(24-13-23-18)26-9-7-25(8-10-26)15-3-5-22-6-4-15/h1-6,11-13H,7-10H2. The summed E-state index contributed by atoms with van der Waals surface area (Å²) in [6.07, 6.45) is 5.24. The second-order valence-corrected chi connectivity index (χ2v) is 6.91. The van der Waals surface area contributed by atoms with E-state index >= 15 is 0 Å². The maximum Gasteiger partial charge on any atom is 0.132 e. The highest BCUT2D eigenvalue weighted by Gasteiger charge is 2.19. The third-order valence-electron chi connectivity index (χ3n) is 4.49. The zero-order valence-electron chi connectivity index (χ0n) is 14.0. The van der Waals surface area contributed by atoms with Crippen molar-refractivity contribution in [2.75, 3.05) is 36.0 Å². The number of hydrogen-bond acceptors (Lipinski definition) is 5. The lowest BCUT2D eigenvalue weighted by Gasteiger charge is -2.36. The van der Waals surface area contributed by atoms with Crippen LogP contribution >= 0.6 is 23.2 Å². The molecule has 0 unspecified atom stereocenters. The fraction of sp³-hybridized carbons (Fsp3) is 0.211. The molecule has 4 rings (SSSR count). The van der Waals surface area contributed by atoms with Crippen LogP contribution in [-0.4, -0.2) is 41.1 Å². The van der Waals surface area contributed by atoms with Crippen molar-refractivity contribution in [2.24, 2.45) is 0 Å². The Hall–Kier alpha value is -2.37. The van der Waals surface area contributed by atoms with Crippen LogP contribution in [0.5, 0.6) is 0 Å². The third kappa shape index (κ3) is 3.59.